The second-order valence-corrected chi connectivity index (χ2v) is 3.51. The molecule has 1 aromatic rings. The molecule has 0 fully saturated rings. The molecule has 0 saturated carbocycles. The summed E-state index contributed by atoms with van der Waals surface area (Å²) < 4.78 is 38.7. The first-order valence-corrected chi connectivity index (χ1v) is 5.31. The van der Waals surface area contributed by atoms with E-state index in [0.717, 1.165) is 12.1 Å². The van der Waals surface area contributed by atoms with E-state index in [-0.39, 0.29) is 12.1 Å². The molecule has 1 rings (SSSR count). The van der Waals surface area contributed by atoms with Crippen LogP contribution < -0.4 is 10.6 Å². The SMILES string of the molecule is C=CCNCCC(=O)Nc1ccc(F)c(F)c1F. The number of hydrogen-bond acceptors (Lipinski definition) is 2. The lowest BCUT2D eigenvalue weighted by Crippen LogP contribution is -2.22. The van der Waals surface area contributed by atoms with Gasteiger partial charge >= 0.3 is 0 Å². The molecule has 0 bridgehead atoms. The summed E-state index contributed by atoms with van der Waals surface area (Å²) in [5.74, 6) is -4.78. The smallest absolute Gasteiger partial charge is 0.225 e. The molecule has 0 aliphatic rings. The fraction of sp³-hybridized carbons (Fsp3) is 0.250. The van der Waals surface area contributed by atoms with Crippen LogP contribution in [0.25, 0.3) is 0 Å². The van der Waals surface area contributed by atoms with Crippen LogP contribution in [0.5, 0.6) is 0 Å². The minimum absolute atomic E-state index is 0.0896. The van der Waals surface area contributed by atoms with E-state index in [1.807, 2.05) is 0 Å². The van der Waals surface area contributed by atoms with Crippen molar-refractivity contribution in [2.75, 3.05) is 18.4 Å². The molecule has 3 nitrogen and oxygen atoms in total. The summed E-state index contributed by atoms with van der Waals surface area (Å²) in [6, 6.07) is 1.73. The normalized spacial score (nSPS) is 10.2. The summed E-state index contributed by atoms with van der Waals surface area (Å²) in [7, 11) is 0. The Morgan fingerprint density at radius 2 is 2.00 bits per heavy atom. The third-order valence-electron chi connectivity index (χ3n) is 2.13. The molecule has 0 radical (unpaired) electrons. The topological polar surface area (TPSA) is 41.1 Å². The lowest BCUT2D eigenvalue weighted by Gasteiger charge is -2.07. The first-order valence-electron chi connectivity index (χ1n) is 5.31. The number of benzene rings is 1. The van der Waals surface area contributed by atoms with Crippen LogP contribution in [-0.2, 0) is 4.79 Å². The monoisotopic (exact) mass is 258 g/mol. The molecular weight excluding hydrogens is 245 g/mol. The summed E-state index contributed by atoms with van der Waals surface area (Å²) >= 11 is 0. The molecule has 2 N–H and O–H groups in total. The van der Waals surface area contributed by atoms with E-state index in [1.165, 1.54) is 0 Å². The van der Waals surface area contributed by atoms with Crippen molar-refractivity contribution in [3.8, 4) is 0 Å². The van der Waals surface area contributed by atoms with E-state index in [9.17, 15) is 18.0 Å². The van der Waals surface area contributed by atoms with E-state index in [1.54, 1.807) is 6.08 Å². The van der Waals surface area contributed by atoms with E-state index < -0.39 is 23.4 Å². The number of carbonyl (C=O) groups excluding carboxylic acids is 1. The maximum Gasteiger partial charge on any atom is 0.225 e. The summed E-state index contributed by atoms with van der Waals surface area (Å²) in [4.78, 5) is 11.4. The highest BCUT2D eigenvalue weighted by molar-refractivity contribution is 5.90. The lowest BCUT2D eigenvalue weighted by molar-refractivity contribution is -0.116. The molecule has 1 amide bonds. The predicted molar refractivity (Wildman–Crippen MR) is 62.6 cm³/mol. The summed E-state index contributed by atoms with van der Waals surface area (Å²) in [5, 5.41) is 5.05. The van der Waals surface area contributed by atoms with Crippen molar-refractivity contribution < 1.29 is 18.0 Å². The number of carbonyl (C=O) groups is 1. The second-order valence-electron chi connectivity index (χ2n) is 3.51. The molecule has 98 valence electrons. The highest BCUT2D eigenvalue weighted by atomic mass is 19.2. The van der Waals surface area contributed by atoms with Crippen molar-refractivity contribution in [2.24, 2.45) is 0 Å². The van der Waals surface area contributed by atoms with Gasteiger partial charge < -0.3 is 10.6 Å². The zero-order chi connectivity index (χ0) is 13.5. The van der Waals surface area contributed by atoms with Crippen LogP contribution in [0.1, 0.15) is 6.42 Å². The van der Waals surface area contributed by atoms with Crippen LogP contribution >= 0.6 is 0 Å². The Labute approximate surface area is 103 Å². The van der Waals surface area contributed by atoms with Crippen molar-refractivity contribution >= 4 is 11.6 Å². The summed E-state index contributed by atoms with van der Waals surface area (Å²) in [5.41, 5.74) is -0.373. The van der Waals surface area contributed by atoms with Gasteiger partial charge in [0.25, 0.3) is 0 Å². The van der Waals surface area contributed by atoms with E-state index in [2.05, 4.69) is 17.2 Å². The van der Waals surface area contributed by atoms with Gasteiger partial charge in [0.15, 0.2) is 17.5 Å². The van der Waals surface area contributed by atoms with E-state index in [0.29, 0.717) is 13.1 Å². The Balaban J connectivity index is 2.54. The third-order valence-corrected chi connectivity index (χ3v) is 2.13. The third kappa shape index (κ3) is 3.89. The number of hydrogen-bond donors (Lipinski definition) is 2. The Kier molecular flexibility index (Phi) is 5.38. The molecule has 0 heterocycles. The predicted octanol–water partition coefficient (Wildman–Crippen LogP) is 2.21. The molecular formula is C12H13F3N2O. The van der Waals surface area contributed by atoms with Gasteiger partial charge in [0.05, 0.1) is 5.69 Å². The average molecular weight is 258 g/mol. The highest BCUT2D eigenvalue weighted by Gasteiger charge is 2.14. The maximum atomic E-state index is 13.2. The van der Waals surface area contributed by atoms with Gasteiger partial charge in [-0.2, -0.15) is 0 Å². The number of nitrogens with one attached hydrogen (secondary N) is 2. The number of halogens is 3. The highest BCUT2D eigenvalue weighted by Crippen LogP contribution is 2.19. The average Bonchev–Trinajstić information content (AvgIpc) is 2.35. The van der Waals surface area contributed by atoms with Gasteiger partial charge in [0.1, 0.15) is 0 Å². The molecule has 1 aromatic carbocycles. The molecule has 0 saturated heterocycles. The van der Waals surface area contributed by atoms with Gasteiger partial charge in [-0.1, -0.05) is 6.08 Å². The first-order chi connectivity index (χ1) is 8.56. The molecule has 0 spiro atoms. The van der Waals surface area contributed by atoms with E-state index in [4.69, 9.17) is 0 Å². The van der Waals surface area contributed by atoms with Gasteiger partial charge in [-0.15, -0.1) is 6.58 Å². The van der Waals surface area contributed by atoms with Crippen LogP contribution in [0.4, 0.5) is 18.9 Å². The quantitative estimate of drug-likeness (QED) is 0.466. The number of amides is 1. The zero-order valence-corrected chi connectivity index (χ0v) is 9.60. The van der Waals surface area contributed by atoms with Gasteiger partial charge in [-0.3, -0.25) is 4.79 Å². The van der Waals surface area contributed by atoms with Gasteiger partial charge in [0, 0.05) is 19.5 Å². The molecule has 18 heavy (non-hydrogen) atoms. The molecule has 0 aliphatic carbocycles. The van der Waals surface area contributed by atoms with Gasteiger partial charge in [0.2, 0.25) is 5.91 Å². The summed E-state index contributed by atoms with van der Waals surface area (Å²) in [6.07, 6.45) is 1.72. The first kappa shape index (κ1) is 14.2. The molecule has 0 aromatic heterocycles. The zero-order valence-electron chi connectivity index (χ0n) is 9.60. The Morgan fingerprint density at radius 3 is 2.67 bits per heavy atom. The summed E-state index contributed by atoms with van der Waals surface area (Å²) in [6.45, 7) is 4.41. The van der Waals surface area contributed by atoms with Crippen molar-refractivity contribution in [1.82, 2.24) is 5.32 Å². The van der Waals surface area contributed by atoms with Crippen molar-refractivity contribution in [3.63, 3.8) is 0 Å². The van der Waals surface area contributed by atoms with E-state index >= 15 is 0 Å². The van der Waals surface area contributed by atoms with Crippen LogP contribution in [0.15, 0.2) is 24.8 Å². The van der Waals surface area contributed by atoms with Crippen molar-refractivity contribution in [3.05, 3.63) is 42.2 Å². The standard InChI is InChI=1S/C12H13F3N2O/c1-2-6-16-7-5-10(18)17-9-4-3-8(13)11(14)12(9)15/h2-4,16H,1,5-7H2,(H,17,18). The Hall–Kier alpha value is -1.82. The van der Waals surface area contributed by atoms with Crippen LogP contribution in [0.2, 0.25) is 0 Å². The van der Waals surface area contributed by atoms with Crippen molar-refractivity contribution in [2.45, 2.75) is 6.42 Å². The minimum Gasteiger partial charge on any atom is -0.323 e. The number of rotatable bonds is 6. The Bertz CT molecular complexity index is 449. The number of anilines is 1. The molecule has 0 aliphatic heterocycles. The van der Waals surface area contributed by atoms with Crippen LogP contribution in [0, 0.1) is 17.5 Å². The fourth-order valence-electron chi connectivity index (χ4n) is 1.24. The minimum atomic E-state index is -1.60. The molecule has 0 atom stereocenters. The Morgan fingerprint density at radius 1 is 1.28 bits per heavy atom. The molecule has 6 heteroatoms. The second kappa shape index (κ2) is 6.80. The van der Waals surface area contributed by atoms with Crippen LogP contribution in [0.3, 0.4) is 0 Å². The maximum absolute atomic E-state index is 13.2. The fourth-order valence-corrected chi connectivity index (χ4v) is 1.24. The van der Waals surface area contributed by atoms with Gasteiger partial charge in [-0.05, 0) is 12.1 Å². The van der Waals surface area contributed by atoms with Crippen LogP contribution in [-0.4, -0.2) is 19.0 Å². The van der Waals surface area contributed by atoms with Crippen molar-refractivity contribution in [1.29, 1.82) is 0 Å². The molecule has 0 unspecified atom stereocenters. The largest absolute Gasteiger partial charge is 0.323 e. The lowest BCUT2D eigenvalue weighted by atomic mass is 10.2. The van der Waals surface area contributed by atoms with Gasteiger partial charge in [-0.25, -0.2) is 13.2 Å².